The Morgan fingerprint density at radius 2 is 1.46 bits per heavy atom. The molecule has 0 bridgehead atoms. The van der Waals surface area contributed by atoms with Gasteiger partial charge in [0.05, 0.1) is 12.1 Å². The summed E-state index contributed by atoms with van der Waals surface area (Å²) in [6.45, 7) is 2.22. The third-order valence-corrected chi connectivity index (χ3v) is 5.11. The lowest BCUT2D eigenvalue weighted by Crippen LogP contribution is -2.26. The minimum atomic E-state index is -0.109. The number of aromatic hydroxyl groups is 2. The number of benzene rings is 3. The molecule has 1 heterocycles. The van der Waals surface area contributed by atoms with E-state index in [1.165, 1.54) is 6.07 Å². The summed E-state index contributed by atoms with van der Waals surface area (Å²) < 4.78 is 1.63. The summed E-state index contributed by atoms with van der Waals surface area (Å²) in [6, 6.07) is 22.4. The Labute approximate surface area is 163 Å². The number of fused-ring (bicyclic) bond motifs is 1. The van der Waals surface area contributed by atoms with Crippen molar-refractivity contribution in [3.63, 3.8) is 0 Å². The Balaban J connectivity index is 1.98. The SMILES string of the molecule is Cc1c(Cc2ccccc2)c(=O)n(Cc2ccccc2)c2cc(O)cc(O)c12. The lowest BCUT2D eigenvalue weighted by Gasteiger charge is -2.17. The summed E-state index contributed by atoms with van der Waals surface area (Å²) in [6.07, 6.45) is 0.483. The van der Waals surface area contributed by atoms with E-state index in [2.05, 4.69) is 0 Å². The summed E-state index contributed by atoms with van der Waals surface area (Å²) >= 11 is 0. The highest BCUT2D eigenvalue weighted by Crippen LogP contribution is 2.33. The van der Waals surface area contributed by atoms with E-state index >= 15 is 0 Å². The molecule has 2 N–H and O–H groups in total. The third-order valence-electron chi connectivity index (χ3n) is 5.11. The highest BCUT2D eigenvalue weighted by Gasteiger charge is 2.18. The van der Waals surface area contributed by atoms with E-state index in [0.29, 0.717) is 29.4 Å². The van der Waals surface area contributed by atoms with Crippen LogP contribution in [0.15, 0.2) is 77.6 Å². The van der Waals surface area contributed by atoms with E-state index in [0.717, 1.165) is 16.7 Å². The molecule has 0 spiro atoms. The van der Waals surface area contributed by atoms with Crippen LogP contribution in [-0.4, -0.2) is 14.8 Å². The van der Waals surface area contributed by atoms with Crippen molar-refractivity contribution in [1.29, 1.82) is 0 Å². The van der Waals surface area contributed by atoms with Gasteiger partial charge in [-0.2, -0.15) is 0 Å². The summed E-state index contributed by atoms with van der Waals surface area (Å²) in [5, 5.41) is 21.1. The van der Waals surface area contributed by atoms with Gasteiger partial charge in [-0.1, -0.05) is 60.7 Å². The van der Waals surface area contributed by atoms with Crippen molar-refractivity contribution in [3.05, 3.63) is 105 Å². The molecule has 4 aromatic rings. The predicted molar refractivity (Wildman–Crippen MR) is 111 cm³/mol. The molecule has 0 atom stereocenters. The van der Waals surface area contributed by atoms with E-state index in [4.69, 9.17) is 0 Å². The molecule has 0 saturated heterocycles. The number of phenols is 2. The Bertz CT molecular complexity index is 1200. The van der Waals surface area contributed by atoms with Crippen LogP contribution in [0.2, 0.25) is 0 Å². The molecule has 140 valence electrons. The average molecular weight is 371 g/mol. The first-order chi connectivity index (χ1) is 13.5. The molecular weight excluding hydrogens is 350 g/mol. The van der Waals surface area contributed by atoms with Crippen molar-refractivity contribution < 1.29 is 10.2 Å². The van der Waals surface area contributed by atoms with Crippen LogP contribution in [0.5, 0.6) is 11.5 Å². The number of hydrogen-bond donors (Lipinski definition) is 2. The van der Waals surface area contributed by atoms with Gasteiger partial charge in [-0.15, -0.1) is 0 Å². The Morgan fingerprint density at radius 1 is 0.857 bits per heavy atom. The Morgan fingerprint density at radius 3 is 2.11 bits per heavy atom. The number of nitrogens with zero attached hydrogens (tertiary/aromatic N) is 1. The summed E-state index contributed by atoms with van der Waals surface area (Å²) in [7, 11) is 0. The summed E-state index contributed by atoms with van der Waals surface area (Å²) in [5.41, 5.74) is 3.82. The monoisotopic (exact) mass is 371 g/mol. The lowest BCUT2D eigenvalue weighted by atomic mass is 9.97. The molecule has 0 aliphatic rings. The molecule has 4 heteroatoms. The fourth-order valence-corrected chi connectivity index (χ4v) is 3.71. The van der Waals surface area contributed by atoms with E-state index in [-0.39, 0.29) is 17.1 Å². The van der Waals surface area contributed by atoms with Gasteiger partial charge < -0.3 is 14.8 Å². The van der Waals surface area contributed by atoms with Crippen LogP contribution in [0.1, 0.15) is 22.3 Å². The zero-order chi connectivity index (χ0) is 19.7. The van der Waals surface area contributed by atoms with Gasteiger partial charge >= 0.3 is 0 Å². The van der Waals surface area contributed by atoms with Crippen LogP contribution >= 0.6 is 0 Å². The standard InChI is InChI=1S/C24H21NO3/c1-16-20(12-17-8-4-2-5-9-17)24(28)25(15-18-10-6-3-7-11-18)21-13-19(26)14-22(27)23(16)21/h2-11,13-14,26-27H,12,15H2,1H3. The maximum atomic E-state index is 13.4. The third kappa shape index (κ3) is 3.25. The minimum Gasteiger partial charge on any atom is -0.508 e. The zero-order valence-electron chi connectivity index (χ0n) is 15.6. The largest absolute Gasteiger partial charge is 0.508 e. The van der Waals surface area contributed by atoms with E-state index < -0.39 is 0 Å². The molecular formula is C24H21NO3. The van der Waals surface area contributed by atoms with Crippen molar-refractivity contribution in [3.8, 4) is 11.5 Å². The fourth-order valence-electron chi connectivity index (χ4n) is 3.71. The average Bonchev–Trinajstić information content (AvgIpc) is 2.69. The smallest absolute Gasteiger partial charge is 0.255 e. The fraction of sp³-hybridized carbons (Fsp3) is 0.125. The highest BCUT2D eigenvalue weighted by molar-refractivity contribution is 5.90. The minimum absolute atomic E-state index is 0.0244. The number of aromatic nitrogens is 1. The second kappa shape index (κ2) is 7.24. The number of rotatable bonds is 4. The maximum Gasteiger partial charge on any atom is 0.255 e. The molecule has 0 fully saturated rings. The van der Waals surface area contributed by atoms with E-state index in [1.54, 1.807) is 10.6 Å². The van der Waals surface area contributed by atoms with Crippen LogP contribution in [0.3, 0.4) is 0 Å². The van der Waals surface area contributed by atoms with E-state index in [1.807, 2.05) is 67.6 Å². The van der Waals surface area contributed by atoms with Gasteiger partial charge in [0.2, 0.25) is 0 Å². The summed E-state index contributed by atoms with van der Waals surface area (Å²) in [5.74, 6) is -0.0926. The Hall–Kier alpha value is -3.53. The maximum absolute atomic E-state index is 13.4. The van der Waals surface area contributed by atoms with Crippen molar-refractivity contribution in [2.75, 3.05) is 0 Å². The van der Waals surface area contributed by atoms with E-state index in [9.17, 15) is 15.0 Å². The van der Waals surface area contributed by atoms with Crippen molar-refractivity contribution >= 4 is 10.9 Å². The summed E-state index contributed by atoms with van der Waals surface area (Å²) in [4.78, 5) is 13.4. The van der Waals surface area contributed by atoms with Crippen molar-refractivity contribution in [2.45, 2.75) is 19.9 Å². The lowest BCUT2D eigenvalue weighted by molar-refractivity contribution is 0.454. The van der Waals surface area contributed by atoms with Crippen LogP contribution in [-0.2, 0) is 13.0 Å². The van der Waals surface area contributed by atoms with Gasteiger partial charge in [0.1, 0.15) is 11.5 Å². The van der Waals surface area contributed by atoms with Crippen LogP contribution in [0.25, 0.3) is 10.9 Å². The first-order valence-corrected chi connectivity index (χ1v) is 9.20. The first kappa shape index (κ1) is 17.9. The second-order valence-electron chi connectivity index (χ2n) is 7.00. The predicted octanol–water partition coefficient (Wildman–Crippen LogP) is 4.36. The van der Waals surface area contributed by atoms with Gasteiger partial charge in [0.15, 0.2) is 0 Å². The number of hydrogen-bond acceptors (Lipinski definition) is 3. The normalized spacial score (nSPS) is 11.0. The molecule has 4 nitrogen and oxygen atoms in total. The number of pyridine rings is 1. The zero-order valence-corrected chi connectivity index (χ0v) is 15.6. The molecule has 28 heavy (non-hydrogen) atoms. The second-order valence-corrected chi connectivity index (χ2v) is 7.00. The molecule has 0 aliphatic carbocycles. The van der Waals surface area contributed by atoms with Gasteiger partial charge in [-0.25, -0.2) is 0 Å². The molecule has 0 unspecified atom stereocenters. The quantitative estimate of drug-likeness (QED) is 0.560. The molecule has 0 aliphatic heterocycles. The number of phenolic OH excluding ortho intramolecular Hbond substituents is 2. The number of aryl methyl sites for hydroxylation is 1. The first-order valence-electron chi connectivity index (χ1n) is 9.20. The topological polar surface area (TPSA) is 62.5 Å². The van der Waals surface area contributed by atoms with Gasteiger partial charge in [0.25, 0.3) is 5.56 Å². The highest BCUT2D eigenvalue weighted by atomic mass is 16.3. The van der Waals surface area contributed by atoms with Gasteiger partial charge in [0, 0.05) is 29.5 Å². The van der Waals surface area contributed by atoms with Crippen LogP contribution in [0, 0.1) is 6.92 Å². The van der Waals surface area contributed by atoms with Gasteiger partial charge in [-0.3, -0.25) is 4.79 Å². The van der Waals surface area contributed by atoms with Crippen LogP contribution < -0.4 is 5.56 Å². The van der Waals surface area contributed by atoms with Crippen molar-refractivity contribution in [1.82, 2.24) is 4.57 Å². The van der Waals surface area contributed by atoms with Crippen molar-refractivity contribution in [2.24, 2.45) is 0 Å². The molecule has 3 aromatic carbocycles. The molecule has 0 radical (unpaired) electrons. The molecule has 0 saturated carbocycles. The molecule has 4 rings (SSSR count). The van der Waals surface area contributed by atoms with Gasteiger partial charge in [-0.05, 0) is 23.6 Å². The molecule has 0 amide bonds. The van der Waals surface area contributed by atoms with Crippen LogP contribution in [0.4, 0.5) is 0 Å². The Kier molecular flexibility index (Phi) is 4.62. The molecule has 1 aromatic heterocycles.